The first-order valence-electron chi connectivity index (χ1n) is 7.13. The SMILES string of the molecule is O=C1NC(=O)N(c2cccc(Cl)c2Cl)C(=O)/C1=C\c1ccc(O)c(Cl)c1. The summed E-state index contributed by atoms with van der Waals surface area (Å²) in [6.07, 6.45) is 1.25. The first-order valence-corrected chi connectivity index (χ1v) is 8.27. The van der Waals surface area contributed by atoms with Crippen LogP contribution in [-0.2, 0) is 9.59 Å². The van der Waals surface area contributed by atoms with E-state index in [0.717, 1.165) is 4.90 Å². The summed E-state index contributed by atoms with van der Waals surface area (Å²) in [6.45, 7) is 0. The number of imide groups is 2. The van der Waals surface area contributed by atoms with E-state index in [-0.39, 0.29) is 32.1 Å². The van der Waals surface area contributed by atoms with Crippen LogP contribution in [-0.4, -0.2) is 23.0 Å². The summed E-state index contributed by atoms with van der Waals surface area (Å²) in [5.41, 5.74) is 0.129. The third kappa shape index (κ3) is 3.26. The number of halogens is 3. The van der Waals surface area contributed by atoms with Crippen LogP contribution < -0.4 is 10.2 Å². The van der Waals surface area contributed by atoms with E-state index in [4.69, 9.17) is 34.8 Å². The van der Waals surface area contributed by atoms with Gasteiger partial charge in [-0.05, 0) is 35.9 Å². The Bertz CT molecular complexity index is 988. The fraction of sp³-hybridized carbons (Fsp3) is 0. The van der Waals surface area contributed by atoms with Crippen molar-refractivity contribution in [3.8, 4) is 5.75 Å². The zero-order valence-electron chi connectivity index (χ0n) is 12.8. The quantitative estimate of drug-likeness (QED) is 0.577. The Kier molecular flexibility index (Phi) is 4.91. The summed E-state index contributed by atoms with van der Waals surface area (Å²) in [4.78, 5) is 37.8. The number of hydrogen-bond donors (Lipinski definition) is 2. The van der Waals surface area contributed by atoms with Gasteiger partial charge in [0, 0.05) is 0 Å². The average Bonchev–Trinajstić information content (AvgIpc) is 2.58. The molecule has 0 unspecified atom stereocenters. The molecule has 1 saturated heterocycles. The number of aromatic hydroxyl groups is 1. The maximum Gasteiger partial charge on any atom is 0.336 e. The lowest BCUT2D eigenvalue weighted by Gasteiger charge is -2.27. The van der Waals surface area contributed by atoms with Gasteiger partial charge >= 0.3 is 6.03 Å². The topological polar surface area (TPSA) is 86.7 Å². The molecule has 1 heterocycles. The zero-order valence-corrected chi connectivity index (χ0v) is 15.1. The number of anilines is 1. The number of barbiturate groups is 1. The van der Waals surface area contributed by atoms with Crippen LogP contribution in [0.25, 0.3) is 6.08 Å². The van der Waals surface area contributed by atoms with E-state index in [1.807, 2.05) is 0 Å². The molecular weight excluding hydrogens is 403 g/mol. The van der Waals surface area contributed by atoms with Crippen LogP contribution in [0.1, 0.15) is 5.56 Å². The highest BCUT2D eigenvalue weighted by Crippen LogP contribution is 2.34. The first-order chi connectivity index (χ1) is 12.3. The van der Waals surface area contributed by atoms with Crippen molar-refractivity contribution in [3.63, 3.8) is 0 Å². The van der Waals surface area contributed by atoms with Gasteiger partial charge in [-0.3, -0.25) is 14.9 Å². The van der Waals surface area contributed by atoms with Crippen molar-refractivity contribution in [1.29, 1.82) is 0 Å². The second-order valence-electron chi connectivity index (χ2n) is 5.24. The van der Waals surface area contributed by atoms with Crippen molar-refractivity contribution in [1.82, 2.24) is 5.32 Å². The predicted molar refractivity (Wildman–Crippen MR) is 98.6 cm³/mol. The molecule has 1 aliphatic heterocycles. The number of nitrogens with zero attached hydrogens (tertiary/aromatic N) is 1. The van der Waals surface area contributed by atoms with Crippen molar-refractivity contribution >= 4 is 64.4 Å². The lowest BCUT2D eigenvalue weighted by atomic mass is 10.1. The smallest absolute Gasteiger partial charge is 0.336 e. The van der Waals surface area contributed by atoms with Gasteiger partial charge in [0.2, 0.25) is 0 Å². The molecule has 132 valence electrons. The van der Waals surface area contributed by atoms with E-state index >= 15 is 0 Å². The Hall–Kier alpha value is -2.54. The molecule has 0 aliphatic carbocycles. The number of nitrogens with one attached hydrogen (secondary N) is 1. The third-order valence-electron chi connectivity index (χ3n) is 3.56. The maximum atomic E-state index is 12.8. The fourth-order valence-electron chi connectivity index (χ4n) is 2.32. The molecule has 0 atom stereocenters. The maximum absolute atomic E-state index is 12.8. The minimum atomic E-state index is -0.940. The molecule has 6 nitrogen and oxygen atoms in total. The first kappa shape index (κ1) is 18.3. The molecule has 0 bridgehead atoms. The number of phenolic OH excluding ortho intramolecular Hbond substituents is 1. The second-order valence-corrected chi connectivity index (χ2v) is 6.43. The highest BCUT2D eigenvalue weighted by atomic mass is 35.5. The minimum Gasteiger partial charge on any atom is -0.506 e. The van der Waals surface area contributed by atoms with E-state index < -0.39 is 17.8 Å². The van der Waals surface area contributed by atoms with Crippen LogP contribution in [0.4, 0.5) is 10.5 Å². The number of carbonyl (C=O) groups excluding carboxylic acids is 3. The molecule has 1 aliphatic rings. The molecule has 2 aromatic carbocycles. The number of phenols is 1. The van der Waals surface area contributed by atoms with Crippen LogP contribution in [0.3, 0.4) is 0 Å². The summed E-state index contributed by atoms with van der Waals surface area (Å²) in [5, 5.41) is 11.7. The van der Waals surface area contributed by atoms with Crippen LogP contribution in [0.15, 0.2) is 42.0 Å². The molecular formula is C17H9Cl3N2O4. The van der Waals surface area contributed by atoms with Crippen molar-refractivity contribution in [2.75, 3.05) is 4.90 Å². The molecule has 0 radical (unpaired) electrons. The number of amides is 4. The van der Waals surface area contributed by atoms with E-state index in [0.29, 0.717) is 5.56 Å². The van der Waals surface area contributed by atoms with Crippen LogP contribution in [0.2, 0.25) is 15.1 Å². The molecule has 9 heteroatoms. The number of benzene rings is 2. The largest absolute Gasteiger partial charge is 0.506 e. The molecule has 4 amide bonds. The number of rotatable bonds is 2. The normalized spacial score (nSPS) is 16.2. The highest BCUT2D eigenvalue weighted by Gasteiger charge is 2.38. The standard InChI is InChI=1S/C17H9Cl3N2O4/c18-10-2-1-3-12(14(10)20)22-16(25)9(15(24)21-17(22)26)6-8-4-5-13(23)11(19)7-8/h1-7,23H,(H,21,24,26)/b9-6-. The van der Waals surface area contributed by atoms with Crippen molar-refractivity contribution in [2.24, 2.45) is 0 Å². The van der Waals surface area contributed by atoms with Gasteiger partial charge in [-0.25, -0.2) is 9.69 Å². The molecule has 2 N–H and O–H groups in total. The number of urea groups is 1. The zero-order chi connectivity index (χ0) is 19.0. The van der Waals surface area contributed by atoms with E-state index in [2.05, 4.69) is 5.32 Å². The van der Waals surface area contributed by atoms with E-state index in [9.17, 15) is 19.5 Å². The average molecular weight is 412 g/mol. The van der Waals surface area contributed by atoms with E-state index in [1.165, 1.54) is 42.5 Å². The van der Waals surface area contributed by atoms with Gasteiger partial charge < -0.3 is 5.11 Å². The van der Waals surface area contributed by atoms with E-state index in [1.54, 1.807) is 0 Å². The van der Waals surface area contributed by atoms with Gasteiger partial charge in [0.15, 0.2) is 0 Å². The van der Waals surface area contributed by atoms with Crippen LogP contribution in [0, 0.1) is 0 Å². The lowest BCUT2D eigenvalue weighted by Crippen LogP contribution is -2.54. The number of hydrogen-bond acceptors (Lipinski definition) is 4. The van der Waals surface area contributed by atoms with Gasteiger partial charge in [0.05, 0.1) is 20.8 Å². The van der Waals surface area contributed by atoms with Crippen LogP contribution in [0.5, 0.6) is 5.75 Å². The molecule has 26 heavy (non-hydrogen) atoms. The highest BCUT2D eigenvalue weighted by molar-refractivity contribution is 6.46. The lowest BCUT2D eigenvalue weighted by molar-refractivity contribution is -0.122. The second kappa shape index (κ2) is 6.99. The molecule has 0 spiro atoms. The molecule has 3 rings (SSSR count). The summed E-state index contributed by atoms with van der Waals surface area (Å²) in [5.74, 6) is -1.87. The minimum absolute atomic E-state index is 0.000886. The summed E-state index contributed by atoms with van der Waals surface area (Å²) in [7, 11) is 0. The molecule has 2 aromatic rings. The monoisotopic (exact) mass is 410 g/mol. The van der Waals surface area contributed by atoms with Gasteiger partial charge in [-0.2, -0.15) is 0 Å². The summed E-state index contributed by atoms with van der Waals surface area (Å²) >= 11 is 17.8. The molecule has 0 saturated carbocycles. The van der Waals surface area contributed by atoms with Gasteiger partial charge in [-0.1, -0.05) is 46.9 Å². The molecule has 1 fully saturated rings. The number of carbonyl (C=O) groups is 3. The Morgan fingerprint density at radius 3 is 2.42 bits per heavy atom. The van der Waals surface area contributed by atoms with Crippen molar-refractivity contribution < 1.29 is 19.5 Å². The third-order valence-corrected chi connectivity index (χ3v) is 4.67. The fourth-order valence-corrected chi connectivity index (χ4v) is 2.89. The van der Waals surface area contributed by atoms with Crippen LogP contribution >= 0.6 is 34.8 Å². The molecule has 0 aromatic heterocycles. The summed E-state index contributed by atoms with van der Waals surface area (Å²) in [6, 6.07) is 7.65. The predicted octanol–water partition coefficient (Wildman–Crippen LogP) is 4.02. The Balaban J connectivity index is 2.07. The van der Waals surface area contributed by atoms with Gasteiger partial charge in [-0.15, -0.1) is 0 Å². The Labute approximate surface area is 162 Å². The Morgan fingerprint density at radius 1 is 1.00 bits per heavy atom. The van der Waals surface area contributed by atoms with Crippen molar-refractivity contribution in [2.45, 2.75) is 0 Å². The summed E-state index contributed by atoms with van der Waals surface area (Å²) < 4.78 is 0. The van der Waals surface area contributed by atoms with Crippen molar-refractivity contribution in [3.05, 3.63) is 62.6 Å². The Morgan fingerprint density at radius 2 is 1.73 bits per heavy atom. The van der Waals surface area contributed by atoms with Gasteiger partial charge in [0.1, 0.15) is 11.3 Å². The van der Waals surface area contributed by atoms with Gasteiger partial charge in [0.25, 0.3) is 11.8 Å².